The van der Waals surface area contributed by atoms with E-state index in [1.54, 1.807) is 13.0 Å². The summed E-state index contributed by atoms with van der Waals surface area (Å²) in [4.78, 5) is 0. The van der Waals surface area contributed by atoms with Crippen molar-refractivity contribution in [3.8, 4) is 16.9 Å². The highest BCUT2D eigenvalue weighted by Crippen LogP contribution is 2.33. The van der Waals surface area contributed by atoms with Crippen molar-refractivity contribution in [1.29, 1.82) is 0 Å². The monoisotopic (exact) mass is 214 g/mol. The van der Waals surface area contributed by atoms with E-state index in [-0.39, 0.29) is 5.75 Å². The second-order valence-electron chi connectivity index (χ2n) is 3.80. The number of hydrogen-bond acceptors (Lipinski definition) is 3. The van der Waals surface area contributed by atoms with Crippen molar-refractivity contribution in [2.75, 3.05) is 11.5 Å². The SMILES string of the molecule is Cc1c(N)cc(-c2ccccc2N)cc1O. The van der Waals surface area contributed by atoms with Crippen LogP contribution < -0.4 is 11.5 Å². The molecule has 0 heterocycles. The van der Waals surface area contributed by atoms with Gasteiger partial charge in [0.2, 0.25) is 0 Å². The molecular weight excluding hydrogens is 200 g/mol. The van der Waals surface area contributed by atoms with Gasteiger partial charge in [-0.2, -0.15) is 0 Å². The Bertz CT molecular complexity index is 512. The number of rotatable bonds is 1. The predicted molar refractivity (Wildman–Crippen MR) is 67.1 cm³/mol. The van der Waals surface area contributed by atoms with Crippen LogP contribution in [0.1, 0.15) is 5.56 Å². The van der Waals surface area contributed by atoms with Gasteiger partial charge in [0, 0.05) is 22.5 Å². The molecule has 0 unspecified atom stereocenters. The van der Waals surface area contributed by atoms with E-state index >= 15 is 0 Å². The van der Waals surface area contributed by atoms with E-state index in [2.05, 4.69) is 0 Å². The van der Waals surface area contributed by atoms with Crippen LogP contribution in [0, 0.1) is 6.92 Å². The third kappa shape index (κ3) is 1.67. The summed E-state index contributed by atoms with van der Waals surface area (Å²) < 4.78 is 0. The Balaban J connectivity index is 2.62. The Labute approximate surface area is 94.3 Å². The smallest absolute Gasteiger partial charge is 0.121 e. The fraction of sp³-hybridized carbons (Fsp3) is 0.0769. The second-order valence-corrected chi connectivity index (χ2v) is 3.80. The first-order valence-corrected chi connectivity index (χ1v) is 5.03. The van der Waals surface area contributed by atoms with E-state index in [4.69, 9.17) is 11.5 Å². The third-order valence-electron chi connectivity index (χ3n) is 2.69. The van der Waals surface area contributed by atoms with Gasteiger partial charge in [0.05, 0.1) is 0 Å². The number of benzene rings is 2. The highest BCUT2D eigenvalue weighted by atomic mass is 16.3. The van der Waals surface area contributed by atoms with Crippen LogP contribution in [0.15, 0.2) is 36.4 Å². The van der Waals surface area contributed by atoms with Crippen molar-refractivity contribution in [1.82, 2.24) is 0 Å². The van der Waals surface area contributed by atoms with E-state index < -0.39 is 0 Å². The first-order valence-electron chi connectivity index (χ1n) is 5.03. The zero-order valence-electron chi connectivity index (χ0n) is 9.07. The van der Waals surface area contributed by atoms with Crippen LogP contribution in [0.25, 0.3) is 11.1 Å². The molecular formula is C13H14N2O. The lowest BCUT2D eigenvalue weighted by Gasteiger charge is -2.09. The van der Waals surface area contributed by atoms with Crippen LogP contribution >= 0.6 is 0 Å². The summed E-state index contributed by atoms with van der Waals surface area (Å²) in [6.07, 6.45) is 0. The Morgan fingerprint density at radius 2 is 1.69 bits per heavy atom. The first kappa shape index (κ1) is 10.4. The van der Waals surface area contributed by atoms with Crippen molar-refractivity contribution >= 4 is 11.4 Å². The summed E-state index contributed by atoms with van der Waals surface area (Å²) in [5.74, 6) is 0.193. The molecule has 16 heavy (non-hydrogen) atoms. The van der Waals surface area contributed by atoms with Crippen molar-refractivity contribution < 1.29 is 5.11 Å². The van der Waals surface area contributed by atoms with E-state index in [9.17, 15) is 5.11 Å². The van der Waals surface area contributed by atoms with Gasteiger partial charge in [0.15, 0.2) is 0 Å². The number of aromatic hydroxyl groups is 1. The molecule has 0 aliphatic rings. The minimum Gasteiger partial charge on any atom is -0.508 e. The molecule has 2 aromatic carbocycles. The van der Waals surface area contributed by atoms with Crippen LogP contribution in [-0.4, -0.2) is 5.11 Å². The van der Waals surface area contributed by atoms with Gasteiger partial charge in [-0.25, -0.2) is 0 Å². The Morgan fingerprint density at radius 3 is 2.31 bits per heavy atom. The van der Waals surface area contributed by atoms with E-state index in [1.165, 1.54) is 0 Å². The number of anilines is 2. The molecule has 2 aromatic rings. The summed E-state index contributed by atoms with van der Waals surface area (Å²) >= 11 is 0. The molecule has 0 atom stereocenters. The van der Waals surface area contributed by atoms with Crippen molar-refractivity contribution in [2.24, 2.45) is 0 Å². The molecule has 0 spiro atoms. The average molecular weight is 214 g/mol. The Morgan fingerprint density at radius 1 is 1.00 bits per heavy atom. The van der Waals surface area contributed by atoms with Crippen molar-refractivity contribution in [3.63, 3.8) is 0 Å². The molecule has 0 aliphatic heterocycles. The average Bonchev–Trinajstić information content (AvgIpc) is 2.26. The lowest BCUT2D eigenvalue weighted by atomic mass is 10.0. The highest BCUT2D eigenvalue weighted by Gasteiger charge is 2.07. The summed E-state index contributed by atoms with van der Waals surface area (Å²) in [5, 5.41) is 9.71. The maximum atomic E-state index is 9.71. The molecule has 0 aliphatic carbocycles. The first-order chi connectivity index (χ1) is 7.59. The van der Waals surface area contributed by atoms with Gasteiger partial charge in [-0.3, -0.25) is 0 Å². The standard InChI is InChI=1S/C13H14N2O/c1-8-12(15)6-9(7-13(8)16)10-4-2-3-5-11(10)14/h2-7,16H,14-15H2,1H3. The highest BCUT2D eigenvalue weighted by molar-refractivity contribution is 5.80. The van der Waals surface area contributed by atoms with E-state index in [1.807, 2.05) is 30.3 Å². The quantitative estimate of drug-likeness (QED) is 0.639. The van der Waals surface area contributed by atoms with Gasteiger partial charge in [-0.05, 0) is 30.7 Å². The van der Waals surface area contributed by atoms with Gasteiger partial charge in [-0.1, -0.05) is 18.2 Å². The molecule has 0 saturated heterocycles. The molecule has 0 saturated carbocycles. The van der Waals surface area contributed by atoms with Gasteiger partial charge in [0.25, 0.3) is 0 Å². The molecule has 0 fully saturated rings. The predicted octanol–water partition coefficient (Wildman–Crippen LogP) is 2.53. The van der Waals surface area contributed by atoms with Crippen molar-refractivity contribution in [3.05, 3.63) is 42.0 Å². The lowest BCUT2D eigenvalue weighted by molar-refractivity contribution is 0.472. The van der Waals surface area contributed by atoms with Gasteiger partial charge in [0.1, 0.15) is 5.75 Å². The zero-order chi connectivity index (χ0) is 11.7. The number of nitrogens with two attached hydrogens (primary N) is 2. The van der Waals surface area contributed by atoms with Crippen LogP contribution in [0.3, 0.4) is 0 Å². The molecule has 3 nitrogen and oxygen atoms in total. The minimum absolute atomic E-state index is 0.193. The molecule has 0 radical (unpaired) electrons. The van der Waals surface area contributed by atoms with Crippen LogP contribution in [0.5, 0.6) is 5.75 Å². The van der Waals surface area contributed by atoms with E-state index in [0.29, 0.717) is 16.9 Å². The number of para-hydroxylation sites is 1. The molecule has 0 bridgehead atoms. The topological polar surface area (TPSA) is 72.3 Å². The Kier molecular flexibility index (Phi) is 2.44. The maximum Gasteiger partial charge on any atom is 0.121 e. The van der Waals surface area contributed by atoms with Gasteiger partial charge < -0.3 is 16.6 Å². The molecule has 0 amide bonds. The normalized spacial score (nSPS) is 10.3. The largest absolute Gasteiger partial charge is 0.508 e. The fourth-order valence-corrected chi connectivity index (χ4v) is 1.64. The summed E-state index contributed by atoms with van der Waals surface area (Å²) in [6.45, 7) is 1.78. The number of phenolic OH excluding ortho intramolecular Hbond substituents is 1. The van der Waals surface area contributed by atoms with E-state index in [0.717, 1.165) is 11.1 Å². The van der Waals surface area contributed by atoms with Crippen LogP contribution in [-0.2, 0) is 0 Å². The summed E-state index contributed by atoms with van der Waals surface area (Å²) in [6, 6.07) is 11.0. The molecule has 0 aromatic heterocycles. The molecule has 2 rings (SSSR count). The lowest BCUT2D eigenvalue weighted by Crippen LogP contribution is -1.93. The zero-order valence-corrected chi connectivity index (χ0v) is 9.07. The van der Waals surface area contributed by atoms with Gasteiger partial charge in [-0.15, -0.1) is 0 Å². The number of phenols is 1. The molecule has 82 valence electrons. The second kappa shape index (κ2) is 3.77. The fourth-order valence-electron chi connectivity index (χ4n) is 1.64. The Hall–Kier alpha value is -2.16. The number of hydrogen-bond donors (Lipinski definition) is 3. The molecule has 5 N–H and O–H groups in total. The molecule has 3 heteroatoms. The van der Waals surface area contributed by atoms with Gasteiger partial charge >= 0.3 is 0 Å². The number of nitrogen functional groups attached to an aromatic ring is 2. The maximum absolute atomic E-state index is 9.71. The minimum atomic E-state index is 0.193. The van der Waals surface area contributed by atoms with Crippen molar-refractivity contribution in [2.45, 2.75) is 6.92 Å². The summed E-state index contributed by atoms with van der Waals surface area (Å²) in [5.41, 5.74) is 15.3. The van der Waals surface area contributed by atoms with Crippen LogP contribution in [0.4, 0.5) is 11.4 Å². The van der Waals surface area contributed by atoms with Crippen LogP contribution in [0.2, 0.25) is 0 Å². The third-order valence-corrected chi connectivity index (χ3v) is 2.69. The summed E-state index contributed by atoms with van der Waals surface area (Å²) in [7, 11) is 0.